The molecule has 12 heteroatoms. The van der Waals surface area contributed by atoms with Crippen molar-refractivity contribution in [2.45, 2.75) is 83.7 Å². The molecule has 0 saturated carbocycles. The first-order valence-electron chi connectivity index (χ1n) is 11.8. The minimum atomic E-state index is -4.64. The van der Waals surface area contributed by atoms with Crippen molar-refractivity contribution >= 4 is 19.8 Å². The number of carbonyl (C=O) groups excluding carboxylic acids is 1. The summed E-state index contributed by atoms with van der Waals surface area (Å²) in [5.74, 6) is -1.31. The first kappa shape index (κ1) is 31.4. The predicted molar refractivity (Wildman–Crippen MR) is 126 cm³/mol. The second kappa shape index (κ2) is 14.2. The summed E-state index contributed by atoms with van der Waals surface area (Å²) in [4.78, 5) is 44.7. The van der Waals surface area contributed by atoms with Gasteiger partial charge in [-0.1, -0.05) is 39.0 Å². The van der Waals surface area contributed by atoms with Gasteiger partial charge in [0.15, 0.2) is 0 Å². The number of aliphatic hydroxyl groups excluding tert-OH is 3. The number of esters is 1. The molecule has 0 radical (unpaired) electrons. The van der Waals surface area contributed by atoms with Gasteiger partial charge in [-0.3, -0.25) is 9.59 Å². The van der Waals surface area contributed by atoms with Gasteiger partial charge in [0, 0.05) is 12.3 Å². The van der Waals surface area contributed by atoms with Crippen LogP contribution in [-0.2, 0) is 18.9 Å². The standard InChI is InChI=1S/C23H36O7.H3O4P/c1-4-13(2)23(29)30-20-11-17(25)9-15-6-5-14(3)19(22(15)20)8-7-16(24)10-18(26)12-21(27)28;1-5(2,3)4/h5-6,9,13-14,16-20,22,24-26H,4,7-8,10-12H2,1-3H3,(H,27,28);(H3,1,2,3,4)/t13?,14-,16?,17+,18?,19-,20-,22-;/m0./s1. The van der Waals surface area contributed by atoms with E-state index in [2.05, 4.69) is 13.0 Å². The van der Waals surface area contributed by atoms with Crippen molar-refractivity contribution in [3.63, 3.8) is 0 Å². The molecule has 2 aliphatic carbocycles. The van der Waals surface area contributed by atoms with E-state index in [9.17, 15) is 24.9 Å². The Balaban J connectivity index is 0.00000111. The second-order valence-electron chi connectivity index (χ2n) is 9.39. The fourth-order valence-corrected chi connectivity index (χ4v) is 4.52. The summed E-state index contributed by atoms with van der Waals surface area (Å²) in [7, 11) is -4.64. The second-order valence-corrected chi connectivity index (χ2v) is 10.4. The lowest BCUT2D eigenvalue weighted by Gasteiger charge is -2.43. The van der Waals surface area contributed by atoms with Crippen LogP contribution >= 0.6 is 7.82 Å². The van der Waals surface area contributed by atoms with E-state index in [0.717, 1.165) is 5.57 Å². The van der Waals surface area contributed by atoms with Crippen LogP contribution in [0.5, 0.6) is 0 Å². The van der Waals surface area contributed by atoms with Crippen LogP contribution < -0.4 is 0 Å². The summed E-state index contributed by atoms with van der Waals surface area (Å²) in [6.07, 6.45) is 4.64. The van der Waals surface area contributed by atoms with Crippen LogP contribution in [0.4, 0.5) is 0 Å². The van der Waals surface area contributed by atoms with Gasteiger partial charge in [0.1, 0.15) is 6.10 Å². The van der Waals surface area contributed by atoms with Crippen molar-refractivity contribution in [2.24, 2.45) is 23.7 Å². The van der Waals surface area contributed by atoms with Crippen LogP contribution in [0.1, 0.15) is 59.3 Å². The molecule has 0 aliphatic heterocycles. The zero-order valence-electron chi connectivity index (χ0n) is 20.3. The van der Waals surface area contributed by atoms with Crippen LogP contribution in [0.15, 0.2) is 23.8 Å². The fraction of sp³-hybridized carbons (Fsp3) is 0.739. The van der Waals surface area contributed by atoms with Gasteiger partial charge in [-0.25, -0.2) is 4.57 Å². The Kier molecular flexibility index (Phi) is 12.8. The van der Waals surface area contributed by atoms with Crippen molar-refractivity contribution in [1.82, 2.24) is 0 Å². The molecule has 2 aliphatic rings. The van der Waals surface area contributed by atoms with Gasteiger partial charge in [-0.05, 0) is 43.1 Å². The van der Waals surface area contributed by atoms with Crippen molar-refractivity contribution in [1.29, 1.82) is 0 Å². The Hall–Kier alpha value is -1.59. The van der Waals surface area contributed by atoms with Crippen LogP contribution in [0.3, 0.4) is 0 Å². The lowest BCUT2D eigenvalue weighted by atomic mass is 9.66. The summed E-state index contributed by atoms with van der Waals surface area (Å²) >= 11 is 0. The van der Waals surface area contributed by atoms with Crippen LogP contribution in [0.2, 0.25) is 0 Å². The van der Waals surface area contributed by atoms with E-state index < -0.39 is 38.2 Å². The van der Waals surface area contributed by atoms with E-state index in [4.69, 9.17) is 29.1 Å². The van der Waals surface area contributed by atoms with E-state index in [1.807, 2.05) is 26.0 Å². The third-order valence-electron chi connectivity index (χ3n) is 6.44. The Morgan fingerprint density at radius 1 is 1.20 bits per heavy atom. The van der Waals surface area contributed by atoms with E-state index in [1.54, 1.807) is 0 Å². The highest BCUT2D eigenvalue weighted by Crippen LogP contribution is 2.44. The maximum atomic E-state index is 12.4. The molecular formula is C23H39O11P. The number of carboxylic acids is 1. The van der Waals surface area contributed by atoms with Gasteiger partial charge in [0.25, 0.3) is 0 Å². The molecule has 11 nitrogen and oxygen atoms in total. The molecule has 0 heterocycles. The highest BCUT2D eigenvalue weighted by molar-refractivity contribution is 7.45. The number of carbonyl (C=O) groups is 2. The van der Waals surface area contributed by atoms with Gasteiger partial charge in [-0.15, -0.1) is 0 Å². The molecular weight excluding hydrogens is 483 g/mol. The number of hydrogen-bond donors (Lipinski definition) is 7. The summed E-state index contributed by atoms with van der Waals surface area (Å²) in [6.45, 7) is 5.85. The van der Waals surface area contributed by atoms with Crippen molar-refractivity contribution in [3.05, 3.63) is 23.8 Å². The lowest BCUT2D eigenvalue weighted by molar-refractivity contribution is -0.159. The molecule has 0 aromatic heterocycles. The largest absolute Gasteiger partial charge is 0.481 e. The molecule has 0 bridgehead atoms. The van der Waals surface area contributed by atoms with Crippen molar-refractivity contribution in [2.75, 3.05) is 0 Å². The first-order valence-corrected chi connectivity index (χ1v) is 13.3. The van der Waals surface area contributed by atoms with E-state index in [1.165, 1.54) is 0 Å². The third kappa shape index (κ3) is 11.8. The minimum absolute atomic E-state index is 0.0156. The SMILES string of the molecule is CCC(C)C(=O)O[C@H]1C[C@H](O)C=C2C=C[C@H](C)[C@H](CCC(O)CC(O)CC(=O)O)[C@H]21.O=P(O)(O)O. The third-order valence-corrected chi connectivity index (χ3v) is 6.44. The van der Waals surface area contributed by atoms with Crippen LogP contribution in [0, 0.1) is 23.7 Å². The van der Waals surface area contributed by atoms with Crippen molar-refractivity contribution < 1.29 is 54.0 Å². The van der Waals surface area contributed by atoms with E-state index in [0.29, 0.717) is 25.7 Å². The van der Waals surface area contributed by atoms with Gasteiger partial charge in [0.05, 0.1) is 30.7 Å². The van der Waals surface area contributed by atoms with Gasteiger partial charge in [-0.2, -0.15) is 0 Å². The molecule has 0 saturated heterocycles. The zero-order valence-corrected chi connectivity index (χ0v) is 21.2. The fourth-order valence-electron chi connectivity index (χ4n) is 4.52. The molecule has 8 atom stereocenters. The first-order chi connectivity index (χ1) is 16.1. The molecule has 3 unspecified atom stereocenters. The average molecular weight is 523 g/mol. The van der Waals surface area contributed by atoms with E-state index >= 15 is 0 Å². The molecule has 0 aromatic rings. The molecule has 202 valence electrons. The highest BCUT2D eigenvalue weighted by Gasteiger charge is 2.42. The topological polar surface area (TPSA) is 202 Å². The van der Waals surface area contributed by atoms with Crippen LogP contribution in [0.25, 0.3) is 0 Å². The molecule has 0 aromatic carbocycles. The average Bonchev–Trinajstić information content (AvgIpc) is 2.70. The molecule has 7 N–H and O–H groups in total. The monoisotopic (exact) mass is 522 g/mol. The summed E-state index contributed by atoms with van der Waals surface area (Å²) in [6, 6.07) is 0. The van der Waals surface area contributed by atoms with Crippen molar-refractivity contribution in [3.8, 4) is 0 Å². The molecule has 35 heavy (non-hydrogen) atoms. The smallest absolute Gasteiger partial charge is 0.466 e. The molecule has 0 spiro atoms. The maximum absolute atomic E-state index is 12.4. The zero-order chi connectivity index (χ0) is 26.9. The van der Waals surface area contributed by atoms with Gasteiger partial charge >= 0.3 is 19.8 Å². The summed E-state index contributed by atoms with van der Waals surface area (Å²) in [5.41, 5.74) is 0.958. The van der Waals surface area contributed by atoms with Gasteiger partial charge in [0.2, 0.25) is 0 Å². The number of rotatable bonds is 10. The predicted octanol–water partition coefficient (Wildman–Crippen LogP) is 1.51. The normalized spacial score (nSPS) is 28.5. The number of phosphoric acid groups is 1. The number of hydrogen-bond acceptors (Lipinski definition) is 7. The molecule has 0 amide bonds. The number of allylic oxidation sites excluding steroid dienone is 2. The molecule has 2 rings (SSSR count). The summed E-state index contributed by atoms with van der Waals surface area (Å²) in [5, 5.41) is 39.1. The Morgan fingerprint density at radius 3 is 2.34 bits per heavy atom. The highest BCUT2D eigenvalue weighted by atomic mass is 31.2. The minimum Gasteiger partial charge on any atom is -0.481 e. The number of aliphatic hydroxyl groups is 3. The maximum Gasteiger partial charge on any atom is 0.466 e. The van der Waals surface area contributed by atoms with Crippen LogP contribution in [-0.4, -0.2) is 71.5 Å². The molecule has 0 fully saturated rings. The Labute approximate surface area is 205 Å². The lowest BCUT2D eigenvalue weighted by Crippen LogP contribution is -2.43. The van der Waals surface area contributed by atoms with E-state index in [-0.39, 0.29) is 42.5 Å². The Morgan fingerprint density at radius 2 is 1.80 bits per heavy atom. The van der Waals surface area contributed by atoms with Gasteiger partial charge < -0.3 is 39.8 Å². The number of fused-ring (bicyclic) bond motifs is 1. The number of carboxylic acid groups (broad SMARTS) is 1. The summed E-state index contributed by atoms with van der Waals surface area (Å²) < 4.78 is 14.7. The quantitative estimate of drug-likeness (QED) is 0.162. The number of aliphatic carboxylic acids is 1. The number of ether oxygens (including phenoxy) is 1. The Bertz CT molecular complexity index is 797.